The van der Waals surface area contributed by atoms with Crippen LogP contribution < -0.4 is 14.2 Å². The third-order valence-electron chi connectivity index (χ3n) is 2.70. The van der Waals surface area contributed by atoms with Crippen LogP contribution in [-0.2, 0) is 0 Å². The number of hydrogen-bond donors (Lipinski definition) is 0. The lowest BCUT2D eigenvalue weighted by atomic mass is 10.2. The third-order valence-corrected chi connectivity index (χ3v) is 3.88. The summed E-state index contributed by atoms with van der Waals surface area (Å²) in [6.07, 6.45) is 2.02. The van der Waals surface area contributed by atoms with Crippen LogP contribution in [0.25, 0.3) is 0 Å². The van der Waals surface area contributed by atoms with Crippen LogP contribution in [0.5, 0.6) is 17.2 Å². The highest BCUT2D eigenvalue weighted by atomic mass is 79.9. The van der Waals surface area contributed by atoms with Gasteiger partial charge in [0.05, 0.1) is 29.3 Å². The molecule has 3 nitrogen and oxygen atoms in total. The van der Waals surface area contributed by atoms with Gasteiger partial charge in [-0.2, -0.15) is 0 Å². The molecule has 0 fully saturated rings. The van der Waals surface area contributed by atoms with Crippen LogP contribution in [0, 0.1) is 0 Å². The molecule has 0 saturated carbocycles. The Kier molecular flexibility index (Phi) is 6.29. The Bertz CT molecular complexity index is 375. The van der Waals surface area contributed by atoms with Crippen LogP contribution in [0.4, 0.5) is 0 Å². The Morgan fingerprint density at radius 2 is 1.39 bits per heavy atom. The van der Waals surface area contributed by atoms with Gasteiger partial charge in [0.1, 0.15) is 0 Å². The van der Waals surface area contributed by atoms with Crippen molar-refractivity contribution in [3.05, 3.63) is 15.0 Å². The Morgan fingerprint density at radius 1 is 0.944 bits per heavy atom. The molecule has 0 heterocycles. The van der Waals surface area contributed by atoms with Gasteiger partial charge in [0, 0.05) is 0 Å². The van der Waals surface area contributed by atoms with Crippen molar-refractivity contribution in [1.29, 1.82) is 0 Å². The van der Waals surface area contributed by atoms with Gasteiger partial charge in [-0.1, -0.05) is 13.8 Å². The van der Waals surface area contributed by atoms with E-state index in [1.165, 1.54) is 0 Å². The minimum absolute atomic E-state index is 0.147. The van der Waals surface area contributed by atoms with Crippen molar-refractivity contribution in [1.82, 2.24) is 0 Å². The third kappa shape index (κ3) is 3.32. The summed E-state index contributed by atoms with van der Waals surface area (Å²) in [6, 6.07) is 1.89. The van der Waals surface area contributed by atoms with Gasteiger partial charge in [-0.15, -0.1) is 0 Å². The summed E-state index contributed by atoms with van der Waals surface area (Å²) in [7, 11) is 3.24. The first-order chi connectivity index (χ1) is 8.58. The Hall–Kier alpha value is -0.420. The fraction of sp³-hybridized carbons (Fsp3) is 0.538. The van der Waals surface area contributed by atoms with E-state index >= 15 is 0 Å². The molecule has 0 bridgehead atoms. The number of ether oxygens (including phenoxy) is 3. The lowest BCUT2D eigenvalue weighted by Crippen LogP contribution is -2.15. The maximum Gasteiger partial charge on any atom is 0.206 e. The summed E-state index contributed by atoms with van der Waals surface area (Å²) in [5, 5.41) is 0. The summed E-state index contributed by atoms with van der Waals surface area (Å²) in [6.45, 7) is 4.19. The maximum absolute atomic E-state index is 6.01. The molecule has 1 rings (SSSR count). The number of halogens is 2. The average molecular weight is 382 g/mol. The number of rotatable bonds is 6. The highest BCUT2D eigenvalue weighted by molar-refractivity contribution is 9.11. The van der Waals surface area contributed by atoms with Crippen molar-refractivity contribution in [2.45, 2.75) is 32.8 Å². The molecule has 0 aliphatic rings. The van der Waals surface area contributed by atoms with Gasteiger partial charge in [0.25, 0.3) is 0 Å². The first-order valence-electron chi connectivity index (χ1n) is 5.85. The van der Waals surface area contributed by atoms with Gasteiger partial charge in [-0.25, -0.2) is 0 Å². The van der Waals surface area contributed by atoms with Gasteiger partial charge < -0.3 is 14.2 Å². The fourth-order valence-corrected chi connectivity index (χ4v) is 3.12. The Labute approximate surface area is 125 Å². The monoisotopic (exact) mass is 380 g/mol. The molecule has 0 aliphatic carbocycles. The summed E-state index contributed by atoms with van der Waals surface area (Å²) in [4.78, 5) is 0. The summed E-state index contributed by atoms with van der Waals surface area (Å²) in [5.41, 5.74) is 0. The topological polar surface area (TPSA) is 27.7 Å². The van der Waals surface area contributed by atoms with E-state index in [2.05, 4.69) is 45.7 Å². The van der Waals surface area contributed by atoms with Crippen LogP contribution in [-0.4, -0.2) is 20.3 Å². The van der Waals surface area contributed by atoms with Crippen molar-refractivity contribution in [2.75, 3.05) is 14.2 Å². The number of hydrogen-bond acceptors (Lipinski definition) is 3. The zero-order valence-corrected chi connectivity index (χ0v) is 14.2. The van der Waals surface area contributed by atoms with Crippen LogP contribution >= 0.6 is 31.9 Å². The molecule has 0 radical (unpaired) electrons. The van der Waals surface area contributed by atoms with Crippen molar-refractivity contribution >= 4 is 31.9 Å². The molecule has 18 heavy (non-hydrogen) atoms. The molecule has 0 saturated heterocycles. The molecule has 102 valence electrons. The predicted molar refractivity (Wildman–Crippen MR) is 79.9 cm³/mol. The maximum atomic E-state index is 6.01. The quantitative estimate of drug-likeness (QED) is 0.708. The highest BCUT2D eigenvalue weighted by Gasteiger charge is 2.21. The van der Waals surface area contributed by atoms with Crippen molar-refractivity contribution in [2.24, 2.45) is 0 Å². The van der Waals surface area contributed by atoms with Crippen LogP contribution in [0.15, 0.2) is 15.0 Å². The summed E-state index contributed by atoms with van der Waals surface area (Å²) in [5.74, 6) is 1.94. The van der Waals surface area contributed by atoms with Crippen LogP contribution in [0.2, 0.25) is 0 Å². The lowest BCUT2D eigenvalue weighted by molar-refractivity contribution is 0.176. The van der Waals surface area contributed by atoms with Crippen molar-refractivity contribution in [3.63, 3.8) is 0 Å². The number of methoxy groups -OCH3 is 2. The fourth-order valence-electron chi connectivity index (χ4n) is 1.67. The second-order valence-electron chi connectivity index (χ2n) is 3.79. The molecule has 0 unspecified atom stereocenters. The Balaban J connectivity index is 3.27. The van der Waals surface area contributed by atoms with Crippen molar-refractivity contribution < 1.29 is 14.2 Å². The minimum Gasteiger partial charge on any atom is -0.492 e. The van der Waals surface area contributed by atoms with E-state index in [0.717, 1.165) is 21.8 Å². The first-order valence-corrected chi connectivity index (χ1v) is 7.44. The predicted octanol–water partition coefficient (Wildman–Crippen LogP) is 4.80. The normalized spacial score (nSPS) is 10.6. The molecule has 5 heteroatoms. The molecular weight excluding hydrogens is 364 g/mol. The van der Waals surface area contributed by atoms with Crippen LogP contribution in [0.3, 0.4) is 0 Å². The smallest absolute Gasteiger partial charge is 0.206 e. The molecule has 0 spiro atoms. The van der Waals surface area contributed by atoms with E-state index in [1.54, 1.807) is 14.2 Å². The molecule has 0 atom stereocenters. The Morgan fingerprint density at radius 3 is 1.72 bits per heavy atom. The molecular formula is C13H18Br2O3. The van der Waals surface area contributed by atoms with E-state index in [4.69, 9.17) is 14.2 Å². The highest BCUT2D eigenvalue weighted by Crippen LogP contribution is 2.47. The molecule has 0 amide bonds. The minimum atomic E-state index is 0.147. The van der Waals surface area contributed by atoms with E-state index in [0.29, 0.717) is 17.2 Å². The summed E-state index contributed by atoms with van der Waals surface area (Å²) < 4.78 is 18.5. The zero-order chi connectivity index (χ0) is 13.7. The SMILES string of the molecule is CCC(CC)Oc1c(OC)c(Br)cc(Br)c1OC. The molecule has 0 aromatic heterocycles. The van der Waals surface area contributed by atoms with Gasteiger partial charge in [0.15, 0.2) is 11.5 Å². The van der Waals surface area contributed by atoms with Gasteiger partial charge in [-0.3, -0.25) is 0 Å². The molecule has 0 N–H and O–H groups in total. The van der Waals surface area contributed by atoms with E-state index in [1.807, 2.05) is 6.07 Å². The molecule has 0 aliphatic heterocycles. The van der Waals surface area contributed by atoms with Crippen LogP contribution in [0.1, 0.15) is 26.7 Å². The first kappa shape index (κ1) is 15.6. The average Bonchev–Trinajstić information content (AvgIpc) is 2.35. The van der Waals surface area contributed by atoms with E-state index in [9.17, 15) is 0 Å². The van der Waals surface area contributed by atoms with E-state index < -0.39 is 0 Å². The lowest BCUT2D eigenvalue weighted by Gasteiger charge is -2.21. The molecule has 1 aromatic rings. The standard InChI is InChI=1S/C13H18Br2O3/c1-5-8(6-2)18-13-11(16-3)9(14)7-10(15)12(13)17-4/h7-8H,5-6H2,1-4H3. The van der Waals surface area contributed by atoms with Gasteiger partial charge in [-0.05, 0) is 50.8 Å². The van der Waals surface area contributed by atoms with Crippen molar-refractivity contribution in [3.8, 4) is 17.2 Å². The molecule has 1 aromatic carbocycles. The number of benzene rings is 1. The largest absolute Gasteiger partial charge is 0.492 e. The van der Waals surface area contributed by atoms with Gasteiger partial charge >= 0.3 is 0 Å². The second-order valence-corrected chi connectivity index (χ2v) is 5.50. The van der Waals surface area contributed by atoms with Gasteiger partial charge in [0.2, 0.25) is 5.75 Å². The van der Waals surface area contributed by atoms with E-state index in [-0.39, 0.29) is 6.10 Å². The zero-order valence-electron chi connectivity index (χ0n) is 11.0. The summed E-state index contributed by atoms with van der Waals surface area (Å²) >= 11 is 6.93. The second kappa shape index (κ2) is 7.24.